The number of Topliss-reactive ketones (excluding diaryl/α,β-unsaturated/α-hetero) is 1. The number of nitrogens with two attached hydrogens (primary N) is 1. The summed E-state index contributed by atoms with van der Waals surface area (Å²) in [5.74, 6) is -0.0184. The molecule has 2 aliphatic rings. The van der Waals surface area contributed by atoms with Crippen LogP contribution in [0.5, 0.6) is 5.75 Å². The van der Waals surface area contributed by atoms with E-state index >= 15 is 0 Å². The summed E-state index contributed by atoms with van der Waals surface area (Å²) in [6.07, 6.45) is 1.83. The Morgan fingerprint density at radius 1 is 1.41 bits per heavy atom. The topological polar surface area (TPSA) is 90.6 Å². The first-order chi connectivity index (χ1) is 10.6. The van der Waals surface area contributed by atoms with Crippen molar-refractivity contribution in [3.05, 3.63) is 29.3 Å². The summed E-state index contributed by atoms with van der Waals surface area (Å²) < 4.78 is 11.3. The Bertz CT molecular complexity index is 605. The van der Waals surface area contributed by atoms with Crippen LogP contribution in [0.15, 0.2) is 18.2 Å². The number of amides is 1. The number of carbonyl (C=O) groups is 2. The van der Waals surface area contributed by atoms with E-state index in [4.69, 9.17) is 15.2 Å². The van der Waals surface area contributed by atoms with Crippen molar-refractivity contribution < 1.29 is 19.1 Å². The number of ether oxygens (including phenoxy) is 2. The lowest BCUT2D eigenvalue weighted by molar-refractivity contribution is -0.158. The minimum Gasteiger partial charge on any atom is -0.481 e. The molecule has 1 aromatic rings. The molecule has 3 N–H and O–H groups in total. The van der Waals surface area contributed by atoms with E-state index in [-0.39, 0.29) is 5.78 Å². The van der Waals surface area contributed by atoms with Gasteiger partial charge in [-0.1, -0.05) is 6.07 Å². The van der Waals surface area contributed by atoms with Gasteiger partial charge in [-0.25, -0.2) is 0 Å². The molecule has 118 valence electrons. The van der Waals surface area contributed by atoms with Gasteiger partial charge >= 0.3 is 0 Å². The average molecular weight is 304 g/mol. The van der Waals surface area contributed by atoms with Gasteiger partial charge < -0.3 is 20.5 Å². The zero-order valence-electron chi connectivity index (χ0n) is 12.6. The smallest absolute Gasteiger partial charge is 0.248 e. The summed E-state index contributed by atoms with van der Waals surface area (Å²) in [4.78, 5) is 24.0. The van der Waals surface area contributed by atoms with Crippen molar-refractivity contribution in [2.45, 2.75) is 37.5 Å². The number of primary amides is 1. The molecule has 1 fully saturated rings. The Labute approximate surface area is 129 Å². The van der Waals surface area contributed by atoms with Crippen molar-refractivity contribution in [3.8, 4) is 5.75 Å². The molecule has 6 nitrogen and oxygen atoms in total. The lowest BCUT2D eigenvalue weighted by Gasteiger charge is -2.40. The molecule has 1 aromatic carbocycles. The molecule has 1 aliphatic carbocycles. The van der Waals surface area contributed by atoms with E-state index in [9.17, 15) is 9.59 Å². The zero-order valence-corrected chi connectivity index (χ0v) is 12.6. The largest absolute Gasteiger partial charge is 0.481 e. The first-order valence-electron chi connectivity index (χ1n) is 7.45. The third-order valence-corrected chi connectivity index (χ3v) is 4.56. The Kier molecular flexibility index (Phi) is 3.88. The van der Waals surface area contributed by atoms with E-state index in [1.165, 1.54) is 0 Å². The number of rotatable bonds is 4. The van der Waals surface area contributed by atoms with Gasteiger partial charge in [0.1, 0.15) is 11.4 Å². The molecule has 1 aliphatic heterocycles. The van der Waals surface area contributed by atoms with Crippen molar-refractivity contribution in [1.82, 2.24) is 5.32 Å². The van der Waals surface area contributed by atoms with Crippen LogP contribution >= 0.6 is 0 Å². The van der Waals surface area contributed by atoms with Crippen molar-refractivity contribution in [3.63, 3.8) is 0 Å². The van der Waals surface area contributed by atoms with Gasteiger partial charge in [-0.2, -0.15) is 0 Å². The molecule has 0 saturated heterocycles. The highest BCUT2D eigenvalue weighted by Gasteiger charge is 2.48. The summed E-state index contributed by atoms with van der Waals surface area (Å²) in [6, 6.07) is 5.06. The molecular weight excluding hydrogens is 284 g/mol. The molecule has 1 heterocycles. The SMILES string of the molecule is COC1(C(=O)C2CNCc3ccc(C(N)=O)cc3O2)CCC1. The van der Waals surface area contributed by atoms with Gasteiger partial charge in [0, 0.05) is 31.3 Å². The van der Waals surface area contributed by atoms with Crippen LogP contribution in [0.2, 0.25) is 0 Å². The van der Waals surface area contributed by atoms with E-state index < -0.39 is 17.6 Å². The molecule has 1 saturated carbocycles. The normalized spacial score (nSPS) is 22.7. The van der Waals surface area contributed by atoms with Gasteiger partial charge in [-0.3, -0.25) is 9.59 Å². The average Bonchev–Trinajstić information content (AvgIpc) is 2.67. The summed E-state index contributed by atoms with van der Waals surface area (Å²) >= 11 is 0. The maximum atomic E-state index is 12.7. The van der Waals surface area contributed by atoms with E-state index in [1.54, 1.807) is 25.3 Å². The van der Waals surface area contributed by atoms with Crippen LogP contribution in [0.1, 0.15) is 35.2 Å². The Morgan fingerprint density at radius 3 is 2.77 bits per heavy atom. The summed E-state index contributed by atoms with van der Waals surface area (Å²) in [5, 5.41) is 3.21. The third-order valence-electron chi connectivity index (χ3n) is 4.56. The first-order valence-corrected chi connectivity index (χ1v) is 7.45. The second-order valence-electron chi connectivity index (χ2n) is 5.84. The summed E-state index contributed by atoms with van der Waals surface area (Å²) in [6.45, 7) is 1.00. The predicted octanol–water partition coefficient (Wildman–Crippen LogP) is 0.774. The minimum absolute atomic E-state index is 0.0360. The van der Waals surface area contributed by atoms with Crippen molar-refractivity contribution in [2.24, 2.45) is 5.73 Å². The minimum atomic E-state index is -0.710. The summed E-state index contributed by atoms with van der Waals surface area (Å²) in [7, 11) is 1.57. The van der Waals surface area contributed by atoms with E-state index in [1.807, 2.05) is 0 Å². The number of hydrogen-bond donors (Lipinski definition) is 2. The quantitative estimate of drug-likeness (QED) is 0.857. The van der Waals surface area contributed by atoms with Crippen LogP contribution in [0, 0.1) is 0 Å². The number of nitrogens with one attached hydrogen (secondary N) is 1. The fraction of sp³-hybridized carbons (Fsp3) is 0.500. The van der Waals surface area contributed by atoms with Gasteiger partial charge in [-0.15, -0.1) is 0 Å². The Hall–Kier alpha value is -1.92. The number of fused-ring (bicyclic) bond motifs is 1. The van der Waals surface area contributed by atoms with E-state index in [0.717, 1.165) is 24.8 Å². The maximum Gasteiger partial charge on any atom is 0.248 e. The van der Waals surface area contributed by atoms with E-state index in [2.05, 4.69) is 5.32 Å². The molecule has 1 amide bonds. The fourth-order valence-corrected chi connectivity index (χ4v) is 2.99. The molecule has 0 bridgehead atoms. The highest BCUT2D eigenvalue weighted by Crippen LogP contribution is 2.37. The lowest BCUT2D eigenvalue weighted by Crippen LogP contribution is -2.55. The van der Waals surface area contributed by atoms with Crippen LogP contribution in [-0.4, -0.2) is 37.0 Å². The second kappa shape index (κ2) is 5.70. The van der Waals surface area contributed by atoms with Crippen LogP contribution < -0.4 is 15.8 Å². The standard InChI is InChI=1S/C16H20N2O4/c1-21-16(5-2-6-16)14(19)13-9-18-8-11-4-3-10(15(17)20)7-12(11)22-13/h3-4,7,13,18H,2,5-6,8-9H2,1H3,(H2,17,20). The molecule has 1 unspecified atom stereocenters. The van der Waals surface area contributed by atoms with Gasteiger partial charge in [0.15, 0.2) is 6.10 Å². The molecule has 0 radical (unpaired) electrons. The number of ketones is 1. The maximum absolute atomic E-state index is 12.7. The fourth-order valence-electron chi connectivity index (χ4n) is 2.99. The number of methoxy groups -OCH3 is 1. The van der Waals surface area contributed by atoms with Gasteiger partial charge in [0.25, 0.3) is 0 Å². The predicted molar refractivity (Wildman–Crippen MR) is 79.7 cm³/mol. The van der Waals surface area contributed by atoms with Crippen LogP contribution in [-0.2, 0) is 16.1 Å². The number of hydrogen-bond acceptors (Lipinski definition) is 5. The zero-order chi connectivity index (χ0) is 15.7. The van der Waals surface area contributed by atoms with Crippen molar-refractivity contribution in [2.75, 3.05) is 13.7 Å². The number of benzene rings is 1. The van der Waals surface area contributed by atoms with Gasteiger partial charge in [-0.05, 0) is 31.4 Å². The molecule has 3 rings (SSSR count). The third kappa shape index (κ3) is 2.48. The van der Waals surface area contributed by atoms with Crippen molar-refractivity contribution in [1.29, 1.82) is 0 Å². The molecular formula is C16H20N2O4. The lowest BCUT2D eigenvalue weighted by atomic mass is 9.75. The highest BCUT2D eigenvalue weighted by atomic mass is 16.5. The first kappa shape index (κ1) is 15.0. The Morgan fingerprint density at radius 2 is 2.18 bits per heavy atom. The molecule has 0 spiro atoms. The van der Waals surface area contributed by atoms with Crippen LogP contribution in [0.4, 0.5) is 0 Å². The summed E-state index contributed by atoms with van der Waals surface area (Å²) in [5.41, 5.74) is 5.87. The molecule has 0 aromatic heterocycles. The van der Waals surface area contributed by atoms with Gasteiger partial charge in [0.05, 0.1) is 0 Å². The van der Waals surface area contributed by atoms with Gasteiger partial charge in [0.2, 0.25) is 11.7 Å². The van der Waals surface area contributed by atoms with E-state index in [0.29, 0.717) is 24.4 Å². The van der Waals surface area contributed by atoms with Crippen LogP contribution in [0.25, 0.3) is 0 Å². The highest BCUT2D eigenvalue weighted by molar-refractivity contribution is 5.94. The molecule has 1 atom stereocenters. The van der Waals surface area contributed by atoms with Crippen LogP contribution in [0.3, 0.4) is 0 Å². The Balaban J connectivity index is 1.85. The molecule has 22 heavy (non-hydrogen) atoms. The number of carbonyl (C=O) groups excluding carboxylic acids is 2. The monoisotopic (exact) mass is 304 g/mol. The molecule has 6 heteroatoms. The van der Waals surface area contributed by atoms with Crippen molar-refractivity contribution >= 4 is 11.7 Å². The second-order valence-corrected chi connectivity index (χ2v) is 5.84.